The molecule has 0 fully saturated rings. The van der Waals surface area contributed by atoms with Gasteiger partial charge in [0.2, 0.25) is 0 Å². The van der Waals surface area contributed by atoms with Gasteiger partial charge < -0.3 is 5.32 Å². The molecular formula is C12H15NOS. The van der Waals surface area contributed by atoms with Crippen molar-refractivity contribution in [2.24, 2.45) is 0 Å². The van der Waals surface area contributed by atoms with Crippen molar-refractivity contribution in [3.8, 4) is 0 Å². The van der Waals surface area contributed by atoms with Crippen LogP contribution in [0.25, 0.3) is 0 Å². The van der Waals surface area contributed by atoms with E-state index in [0.717, 1.165) is 17.8 Å². The van der Waals surface area contributed by atoms with Crippen LogP contribution < -0.4 is 5.32 Å². The summed E-state index contributed by atoms with van der Waals surface area (Å²) in [6, 6.07) is 0. The summed E-state index contributed by atoms with van der Waals surface area (Å²) in [4.78, 5) is 14.1. The lowest BCUT2D eigenvalue weighted by atomic mass is 9.93. The number of amides is 1. The number of rotatable bonds is 0. The molecule has 0 unspecified atom stereocenters. The Bertz CT molecular complexity index is 445. The Morgan fingerprint density at radius 2 is 2.07 bits per heavy atom. The normalized spacial score (nSPS) is 22.1. The number of carbonyl (C=O) groups excluding carboxylic acids is 1. The van der Waals surface area contributed by atoms with Gasteiger partial charge in [-0.15, -0.1) is 11.3 Å². The van der Waals surface area contributed by atoms with Crippen LogP contribution in [0, 0.1) is 0 Å². The summed E-state index contributed by atoms with van der Waals surface area (Å²) < 4.78 is 0. The van der Waals surface area contributed by atoms with E-state index in [1.807, 2.05) is 0 Å². The van der Waals surface area contributed by atoms with E-state index in [0.29, 0.717) is 0 Å². The van der Waals surface area contributed by atoms with Crippen LogP contribution in [0.1, 0.15) is 45.9 Å². The van der Waals surface area contributed by atoms with Crippen molar-refractivity contribution in [3.05, 3.63) is 20.9 Å². The Morgan fingerprint density at radius 1 is 1.27 bits per heavy atom. The second-order valence-electron chi connectivity index (χ2n) is 5.11. The highest BCUT2D eigenvalue weighted by Crippen LogP contribution is 2.46. The maximum absolute atomic E-state index is 11.7. The fraction of sp³-hybridized carbons (Fsp3) is 0.583. The number of hydrogen-bond acceptors (Lipinski definition) is 2. The van der Waals surface area contributed by atoms with Gasteiger partial charge in [-0.05, 0) is 35.8 Å². The summed E-state index contributed by atoms with van der Waals surface area (Å²) in [7, 11) is 0. The van der Waals surface area contributed by atoms with Crippen molar-refractivity contribution in [1.29, 1.82) is 0 Å². The highest BCUT2D eigenvalue weighted by atomic mass is 32.1. The van der Waals surface area contributed by atoms with Crippen LogP contribution in [0.15, 0.2) is 0 Å². The third-order valence-electron chi connectivity index (χ3n) is 3.60. The van der Waals surface area contributed by atoms with Crippen LogP contribution >= 0.6 is 11.3 Å². The topological polar surface area (TPSA) is 29.1 Å². The second kappa shape index (κ2) is 2.85. The van der Waals surface area contributed by atoms with E-state index in [-0.39, 0.29) is 11.3 Å². The van der Waals surface area contributed by atoms with Gasteiger partial charge in [0.15, 0.2) is 0 Å². The molecule has 2 aliphatic rings. The molecule has 0 aromatic carbocycles. The van der Waals surface area contributed by atoms with Gasteiger partial charge in [-0.25, -0.2) is 0 Å². The molecule has 0 radical (unpaired) electrons. The van der Waals surface area contributed by atoms with Gasteiger partial charge in [0.1, 0.15) is 0 Å². The molecule has 1 N–H and O–H groups in total. The molecule has 0 saturated carbocycles. The molecule has 0 bridgehead atoms. The van der Waals surface area contributed by atoms with Crippen LogP contribution in [0.5, 0.6) is 0 Å². The van der Waals surface area contributed by atoms with Crippen molar-refractivity contribution in [2.75, 3.05) is 6.54 Å². The van der Waals surface area contributed by atoms with E-state index in [1.165, 1.54) is 28.8 Å². The number of thiophene rings is 1. The Hall–Kier alpha value is -0.830. The Balaban J connectivity index is 2.20. The van der Waals surface area contributed by atoms with Gasteiger partial charge in [-0.2, -0.15) is 0 Å². The maximum Gasteiger partial charge on any atom is 0.261 e. The van der Waals surface area contributed by atoms with E-state index >= 15 is 0 Å². The number of fused-ring (bicyclic) bond motifs is 3. The van der Waals surface area contributed by atoms with Gasteiger partial charge in [0.25, 0.3) is 5.91 Å². The molecule has 0 spiro atoms. The number of hydrogen-bond donors (Lipinski definition) is 1. The SMILES string of the molecule is CC1(C)CCc2c1sc1c2CCNC1=O. The predicted octanol–water partition coefficient (Wildman–Crippen LogP) is 2.26. The van der Waals surface area contributed by atoms with Crippen molar-refractivity contribution in [2.45, 2.75) is 38.5 Å². The molecule has 1 aliphatic heterocycles. The Morgan fingerprint density at radius 3 is 2.87 bits per heavy atom. The quantitative estimate of drug-likeness (QED) is 0.715. The van der Waals surface area contributed by atoms with Crippen molar-refractivity contribution >= 4 is 17.2 Å². The van der Waals surface area contributed by atoms with E-state index in [1.54, 1.807) is 11.3 Å². The van der Waals surface area contributed by atoms with Crippen LogP contribution in [0.4, 0.5) is 0 Å². The Labute approximate surface area is 93.7 Å². The summed E-state index contributed by atoms with van der Waals surface area (Å²) in [5.41, 5.74) is 3.14. The molecule has 3 rings (SSSR count). The maximum atomic E-state index is 11.7. The molecule has 0 saturated heterocycles. The van der Waals surface area contributed by atoms with Crippen LogP contribution in [0.2, 0.25) is 0 Å². The van der Waals surface area contributed by atoms with Crippen LogP contribution in [-0.4, -0.2) is 12.5 Å². The largest absolute Gasteiger partial charge is 0.351 e. The highest BCUT2D eigenvalue weighted by Gasteiger charge is 2.37. The standard InChI is InChI=1S/C12H15NOS/c1-12(2)5-3-8-7-4-6-13-11(14)9(7)15-10(8)12/h3-6H2,1-2H3,(H,13,14). The second-order valence-corrected chi connectivity index (χ2v) is 6.13. The number of nitrogens with one attached hydrogen (secondary N) is 1. The average molecular weight is 221 g/mol. The van der Waals surface area contributed by atoms with Gasteiger partial charge in [-0.3, -0.25) is 4.79 Å². The summed E-state index contributed by atoms with van der Waals surface area (Å²) in [6.07, 6.45) is 3.44. The lowest BCUT2D eigenvalue weighted by Gasteiger charge is -2.16. The number of carbonyl (C=O) groups is 1. The molecule has 2 nitrogen and oxygen atoms in total. The monoisotopic (exact) mass is 221 g/mol. The average Bonchev–Trinajstić information content (AvgIpc) is 2.67. The zero-order valence-corrected chi connectivity index (χ0v) is 9.96. The molecule has 2 heterocycles. The molecule has 1 aromatic rings. The van der Waals surface area contributed by atoms with Crippen LogP contribution in [0.3, 0.4) is 0 Å². The molecule has 1 amide bonds. The van der Waals surface area contributed by atoms with Gasteiger partial charge >= 0.3 is 0 Å². The third kappa shape index (κ3) is 1.19. The lowest BCUT2D eigenvalue weighted by Crippen LogP contribution is -2.30. The zero-order valence-electron chi connectivity index (χ0n) is 9.14. The van der Waals surface area contributed by atoms with E-state index in [9.17, 15) is 4.79 Å². The zero-order chi connectivity index (χ0) is 10.6. The predicted molar refractivity (Wildman–Crippen MR) is 61.7 cm³/mol. The molecular weight excluding hydrogens is 206 g/mol. The first-order valence-corrected chi connectivity index (χ1v) is 6.34. The molecule has 1 aromatic heterocycles. The fourth-order valence-corrected chi connectivity index (χ4v) is 4.13. The first-order valence-electron chi connectivity index (χ1n) is 5.53. The highest BCUT2D eigenvalue weighted by molar-refractivity contribution is 7.14. The molecule has 3 heteroatoms. The molecule has 80 valence electrons. The van der Waals surface area contributed by atoms with Crippen LogP contribution in [-0.2, 0) is 18.3 Å². The molecule has 1 aliphatic carbocycles. The van der Waals surface area contributed by atoms with Crippen molar-refractivity contribution in [1.82, 2.24) is 5.32 Å². The summed E-state index contributed by atoms with van der Waals surface area (Å²) in [5.74, 6) is 0.145. The molecule has 0 atom stereocenters. The first-order chi connectivity index (χ1) is 7.09. The fourth-order valence-electron chi connectivity index (χ4n) is 2.69. The van der Waals surface area contributed by atoms with Crippen molar-refractivity contribution in [3.63, 3.8) is 0 Å². The lowest BCUT2D eigenvalue weighted by molar-refractivity contribution is 0.0950. The summed E-state index contributed by atoms with van der Waals surface area (Å²) in [6.45, 7) is 5.40. The smallest absolute Gasteiger partial charge is 0.261 e. The minimum absolute atomic E-state index is 0.145. The first kappa shape index (κ1) is 9.40. The van der Waals surface area contributed by atoms with Gasteiger partial charge in [0.05, 0.1) is 4.88 Å². The molecule has 15 heavy (non-hydrogen) atoms. The van der Waals surface area contributed by atoms with Gasteiger partial charge in [-0.1, -0.05) is 13.8 Å². The van der Waals surface area contributed by atoms with Gasteiger partial charge in [0, 0.05) is 11.4 Å². The minimum Gasteiger partial charge on any atom is -0.351 e. The van der Waals surface area contributed by atoms with E-state index < -0.39 is 0 Å². The summed E-state index contributed by atoms with van der Waals surface area (Å²) in [5, 5.41) is 2.93. The summed E-state index contributed by atoms with van der Waals surface area (Å²) >= 11 is 1.73. The Kier molecular flexibility index (Phi) is 1.78. The third-order valence-corrected chi connectivity index (χ3v) is 5.24. The van der Waals surface area contributed by atoms with Crippen molar-refractivity contribution < 1.29 is 4.79 Å². The minimum atomic E-state index is 0.145. The van der Waals surface area contributed by atoms with E-state index in [2.05, 4.69) is 19.2 Å². The van der Waals surface area contributed by atoms with E-state index in [4.69, 9.17) is 0 Å².